The molecule has 92 valence electrons. The standard InChI is InChI=1S/C12H22N2OS/c1-11(2)6-9-16-10(13-11)14-12(3)4-7-15-8-5-12/h4-9H2,1-3H3,(H,13,14). The number of nitrogens with one attached hydrogen (secondary N) is 1. The number of hydrogen-bond donors (Lipinski definition) is 1. The van der Waals surface area contributed by atoms with Crippen LogP contribution in [0.5, 0.6) is 0 Å². The predicted molar refractivity (Wildman–Crippen MR) is 70.2 cm³/mol. The van der Waals surface area contributed by atoms with Gasteiger partial charge >= 0.3 is 0 Å². The highest BCUT2D eigenvalue weighted by molar-refractivity contribution is 8.13. The molecule has 0 aromatic carbocycles. The third-order valence-electron chi connectivity index (χ3n) is 3.35. The van der Waals surface area contributed by atoms with Crippen LogP contribution >= 0.6 is 11.8 Å². The Kier molecular flexibility index (Phi) is 3.50. The molecular weight excluding hydrogens is 220 g/mol. The molecule has 1 N–H and O–H groups in total. The van der Waals surface area contributed by atoms with Gasteiger partial charge in [-0.2, -0.15) is 0 Å². The first-order valence-electron chi connectivity index (χ1n) is 6.08. The molecule has 0 aromatic heterocycles. The number of hydrogen-bond acceptors (Lipinski definition) is 3. The molecule has 2 saturated heterocycles. The van der Waals surface area contributed by atoms with E-state index >= 15 is 0 Å². The van der Waals surface area contributed by atoms with E-state index in [1.54, 1.807) is 0 Å². The summed E-state index contributed by atoms with van der Waals surface area (Å²) in [6.07, 6.45) is 3.29. The summed E-state index contributed by atoms with van der Waals surface area (Å²) in [5, 5.41) is 4.66. The Hall–Kier alpha value is -0.220. The third-order valence-corrected chi connectivity index (χ3v) is 4.23. The number of ether oxygens (including phenoxy) is 1. The van der Waals surface area contributed by atoms with Gasteiger partial charge in [-0.3, -0.25) is 4.99 Å². The van der Waals surface area contributed by atoms with E-state index in [1.165, 1.54) is 12.2 Å². The molecule has 2 rings (SSSR count). The lowest BCUT2D eigenvalue weighted by atomic mass is 9.93. The van der Waals surface area contributed by atoms with Crippen molar-refractivity contribution in [2.75, 3.05) is 19.0 Å². The monoisotopic (exact) mass is 242 g/mol. The van der Waals surface area contributed by atoms with Gasteiger partial charge in [0.2, 0.25) is 0 Å². The van der Waals surface area contributed by atoms with Crippen molar-refractivity contribution in [3.63, 3.8) is 0 Å². The van der Waals surface area contributed by atoms with E-state index in [1.807, 2.05) is 11.8 Å². The van der Waals surface area contributed by atoms with Crippen molar-refractivity contribution in [3.8, 4) is 0 Å². The fourth-order valence-electron chi connectivity index (χ4n) is 2.02. The maximum Gasteiger partial charge on any atom is 0.157 e. The van der Waals surface area contributed by atoms with Crippen LogP contribution < -0.4 is 5.32 Å². The summed E-state index contributed by atoms with van der Waals surface area (Å²) < 4.78 is 5.40. The minimum absolute atomic E-state index is 0.0843. The smallest absolute Gasteiger partial charge is 0.157 e. The van der Waals surface area contributed by atoms with E-state index in [-0.39, 0.29) is 11.1 Å². The summed E-state index contributed by atoms with van der Waals surface area (Å²) >= 11 is 1.86. The lowest BCUT2D eigenvalue weighted by Gasteiger charge is -2.36. The minimum Gasteiger partial charge on any atom is -0.381 e. The molecule has 2 aliphatic rings. The SMILES string of the molecule is CC1(N=C2NC(C)(C)CCS2)CCOCC1. The Morgan fingerprint density at radius 2 is 1.88 bits per heavy atom. The van der Waals surface area contributed by atoms with E-state index in [0.29, 0.717) is 0 Å². The molecule has 2 fully saturated rings. The summed E-state index contributed by atoms with van der Waals surface area (Å²) in [7, 11) is 0. The molecule has 16 heavy (non-hydrogen) atoms. The Labute approximate surface area is 102 Å². The van der Waals surface area contributed by atoms with Crippen LogP contribution in [0.1, 0.15) is 40.0 Å². The quantitative estimate of drug-likeness (QED) is 0.766. The van der Waals surface area contributed by atoms with E-state index in [2.05, 4.69) is 26.1 Å². The van der Waals surface area contributed by atoms with Gasteiger partial charge < -0.3 is 10.1 Å². The first-order valence-corrected chi connectivity index (χ1v) is 7.06. The number of rotatable bonds is 1. The maximum absolute atomic E-state index is 5.40. The van der Waals surface area contributed by atoms with Crippen LogP contribution in [0, 0.1) is 0 Å². The van der Waals surface area contributed by atoms with Gasteiger partial charge in [0, 0.05) is 24.5 Å². The zero-order valence-electron chi connectivity index (χ0n) is 10.5. The minimum atomic E-state index is 0.0843. The van der Waals surface area contributed by atoms with E-state index < -0.39 is 0 Å². The molecule has 2 aliphatic heterocycles. The molecule has 0 radical (unpaired) electrons. The Balaban J connectivity index is 2.04. The normalized spacial score (nSPS) is 31.1. The van der Waals surface area contributed by atoms with Crippen LogP contribution in [0.3, 0.4) is 0 Å². The fraction of sp³-hybridized carbons (Fsp3) is 0.917. The zero-order chi connectivity index (χ0) is 11.6. The van der Waals surface area contributed by atoms with Gasteiger partial charge in [-0.15, -0.1) is 0 Å². The van der Waals surface area contributed by atoms with Gasteiger partial charge in [-0.1, -0.05) is 11.8 Å². The van der Waals surface area contributed by atoms with Crippen LogP contribution in [-0.2, 0) is 4.74 Å². The van der Waals surface area contributed by atoms with Gasteiger partial charge in [-0.05, 0) is 40.0 Å². The predicted octanol–water partition coefficient (Wildman–Crippen LogP) is 2.42. The van der Waals surface area contributed by atoms with Crippen molar-refractivity contribution in [2.45, 2.75) is 51.1 Å². The summed E-state index contributed by atoms with van der Waals surface area (Å²) in [4.78, 5) is 4.91. The molecule has 3 nitrogen and oxygen atoms in total. The molecule has 2 heterocycles. The molecule has 0 amide bonds. The van der Waals surface area contributed by atoms with E-state index in [0.717, 1.165) is 31.2 Å². The second-order valence-corrected chi connectivity index (χ2v) is 6.72. The molecule has 0 atom stereocenters. The van der Waals surface area contributed by atoms with Crippen molar-refractivity contribution in [1.29, 1.82) is 0 Å². The summed E-state index contributed by atoms with van der Waals surface area (Å²) in [5.74, 6) is 1.17. The summed E-state index contributed by atoms with van der Waals surface area (Å²) in [5.41, 5.74) is 0.284. The Morgan fingerprint density at radius 3 is 2.50 bits per heavy atom. The van der Waals surface area contributed by atoms with Crippen LogP contribution in [0.4, 0.5) is 0 Å². The van der Waals surface area contributed by atoms with Crippen molar-refractivity contribution in [3.05, 3.63) is 0 Å². The second kappa shape index (κ2) is 4.57. The van der Waals surface area contributed by atoms with E-state index in [4.69, 9.17) is 9.73 Å². The van der Waals surface area contributed by atoms with Gasteiger partial charge in [0.15, 0.2) is 5.17 Å². The van der Waals surface area contributed by atoms with Crippen molar-refractivity contribution < 1.29 is 4.74 Å². The molecule has 0 saturated carbocycles. The van der Waals surface area contributed by atoms with Crippen molar-refractivity contribution in [2.24, 2.45) is 4.99 Å². The number of nitrogens with zero attached hydrogens (tertiary/aromatic N) is 1. The zero-order valence-corrected chi connectivity index (χ0v) is 11.3. The highest BCUT2D eigenvalue weighted by atomic mass is 32.2. The molecule has 0 bridgehead atoms. The molecule has 4 heteroatoms. The average Bonchev–Trinajstić information content (AvgIpc) is 2.16. The first-order chi connectivity index (χ1) is 7.49. The third kappa shape index (κ3) is 3.14. The van der Waals surface area contributed by atoms with Crippen molar-refractivity contribution in [1.82, 2.24) is 5.32 Å². The van der Waals surface area contributed by atoms with Crippen LogP contribution in [0.15, 0.2) is 4.99 Å². The largest absolute Gasteiger partial charge is 0.381 e. The maximum atomic E-state index is 5.40. The number of amidine groups is 1. The van der Waals surface area contributed by atoms with Crippen molar-refractivity contribution >= 4 is 16.9 Å². The lowest BCUT2D eigenvalue weighted by molar-refractivity contribution is 0.0602. The summed E-state index contributed by atoms with van der Waals surface area (Å²) in [6, 6.07) is 0. The van der Waals surface area contributed by atoms with E-state index in [9.17, 15) is 0 Å². The van der Waals surface area contributed by atoms with Gasteiger partial charge in [0.05, 0.1) is 5.54 Å². The number of aliphatic imine (C=N–C) groups is 1. The molecular formula is C12H22N2OS. The average molecular weight is 242 g/mol. The van der Waals surface area contributed by atoms with Crippen LogP contribution in [-0.4, -0.2) is 35.2 Å². The van der Waals surface area contributed by atoms with Gasteiger partial charge in [0.25, 0.3) is 0 Å². The van der Waals surface area contributed by atoms with Gasteiger partial charge in [0.1, 0.15) is 0 Å². The highest BCUT2D eigenvalue weighted by Gasteiger charge is 2.30. The Morgan fingerprint density at radius 1 is 1.19 bits per heavy atom. The first kappa shape index (κ1) is 12.2. The molecule has 0 aliphatic carbocycles. The molecule has 0 aromatic rings. The topological polar surface area (TPSA) is 33.6 Å². The molecule has 0 unspecified atom stereocenters. The molecule has 0 spiro atoms. The van der Waals surface area contributed by atoms with Crippen LogP contribution in [0.25, 0.3) is 0 Å². The lowest BCUT2D eigenvalue weighted by Crippen LogP contribution is -2.47. The second-order valence-electron chi connectivity index (χ2n) is 5.63. The van der Waals surface area contributed by atoms with Gasteiger partial charge in [-0.25, -0.2) is 0 Å². The summed E-state index contributed by atoms with van der Waals surface area (Å²) in [6.45, 7) is 8.43. The Bertz CT molecular complexity index is 283. The number of thioether (sulfide) groups is 1. The highest BCUT2D eigenvalue weighted by Crippen LogP contribution is 2.28. The fourth-order valence-corrected chi connectivity index (χ4v) is 3.46. The van der Waals surface area contributed by atoms with Crippen LogP contribution in [0.2, 0.25) is 0 Å².